The van der Waals surface area contributed by atoms with Crippen molar-refractivity contribution >= 4 is 35.8 Å². The van der Waals surface area contributed by atoms with Crippen molar-refractivity contribution in [2.24, 2.45) is 0 Å². The Morgan fingerprint density at radius 2 is 1.21 bits per heavy atom. The number of ketones is 1. The molecule has 2 unspecified atom stereocenters. The van der Waals surface area contributed by atoms with E-state index in [9.17, 15) is 28.8 Å². The monoisotopic (exact) mass is 655 g/mol. The Morgan fingerprint density at radius 3 is 1.74 bits per heavy atom. The lowest BCUT2D eigenvalue weighted by Crippen LogP contribution is -2.63. The summed E-state index contributed by atoms with van der Waals surface area (Å²) in [4.78, 5) is 73.1. The Labute approximate surface area is 270 Å². The molecule has 0 spiro atoms. The van der Waals surface area contributed by atoms with Gasteiger partial charge in [0.05, 0.1) is 6.61 Å². The van der Waals surface area contributed by atoms with Crippen LogP contribution in [0.2, 0.25) is 0 Å². The van der Waals surface area contributed by atoms with E-state index in [0.717, 1.165) is 49.9 Å². The molecule has 0 radical (unpaired) electrons. The third-order valence-corrected chi connectivity index (χ3v) is 7.50. The molecule has 0 saturated carbocycles. The summed E-state index contributed by atoms with van der Waals surface area (Å²) in [7, 11) is 0. The number of carbonyl (C=O) groups is 6. The zero-order valence-corrected chi connectivity index (χ0v) is 26.6. The quantitative estimate of drug-likeness (QED) is 0.261. The van der Waals surface area contributed by atoms with E-state index < -0.39 is 85.7 Å². The van der Waals surface area contributed by atoms with E-state index in [2.05, 4.69) is 5.32 Å². The zero-order chi connectivity index (χ0) is 34.2. The van der Waals surface area contributed by atoms with Gasteiger partial charge in [-0.25, -0.2) is 4.79 Å². The fourth-order valence-corrected chi connectivity index (χ4v) is 5.56. The number of rotatable bonds is 12. The van der Waals surface area contributed by atoms with E-state index in [1.54, 1.807) is 0 Å². The highest BCUT2D eigenvalue weighted by molar-refractivity contribution is 5.85. The zero-order valence-electron chi connectivity index (χ0n) is 26.6. The van der Waals surface area contributed by atoms with Crippen LogP contribution in [0.4, 0.5) is 4.79 Å². The van der Waals surface area contributed by atoms with Crippen LogP contribution in [0.5, 0.6) is 0 Å². The van der Waals surface area contributed by atoms with E-state index in [0.29, 0.717) is 0 Å². The summed E-state index contributed by atoms with van der Waals surface area (Å²) in [5, 5.41) is 2.49. The number of benzene rings is 2. The minimum absolute atomic E-state index is 0.00499. The molecule has 4 rings (SSSR count). The predicted molar refractivity (Wildman–Crippen MR) is 161 cm³/mol. The molecule has 1 heterocycles. The largest absolute Gasteiger partial charge is 0.463 e. The van der Waals surface area contributed by atoms with Crippen molar-refractivity contribution in [3.05, 3.63) is 59.7 Å². The SMILES string of the molecule is CC(=O)OCC1O[C@H](OC[C@H](NC(=O)OCC2c3ccccc3-c3ccccc32)C(C)=O)[C@H](OC(C)=O)C(OC(C)=O)[C@@H]1OC(C)=O. The maximum absolute atomic E-state index is 12.9. The van der Waals surface area contributed by atoms with E-state index in [-0.39, 0.29) is 12.5 Å². The van der Waals surface area contributed by atoms with Gasteiger partial charge in [-0.05, 0) is 29.2 Å². The van der Waals surface area contributed by atoms with Crippen LogP contribution in [-0.2, 0) is 57.1 Å². The first-order valence-electron chi connectivity index (χ1n) is 14.9. The van der Waals surface area contributed by atoms with Gasteiger partial charge in [0.15, 0.2) is 30.4 Å². The maximum Gasteiger partial charge on any atom is 0.407 e. The van der Waals surface area contributed by atoms with Crippen LogP contribution in [0, 0.1) is 0 Å². The van der Waals surface area contributed by atoms with Gasteiger partial charge >= 0.3 is 30.0 Å². The lowest BCUT2D eigenvalue weighted by atomic mass is 9.98. The highest BCUT2D eigenvalue weighted by atomic mass is 16.7. The first-order chi connectivity index (χ1) is 22.3. The van der Waals surface area contributed by atoms with Crippen molar-refractivity contribution in [3.8, 4) is 11.1 Å². The summed E-state index contributed by atoms with van der Waals surface area (Å²) in [5.41, 5.74) is 4.13. The number of Topliss-reactive ketones (excluding diaryl/α,β-unsaturated/α-hetero) is 1. The molecule has 1 N–H and O–H groups in total. The lowest BCUT2D eigenvalue weighted by Gasteiger charge is -2.44. The van der Waals surface area contributed by atoms with Crippen molar-refractivity contribution < 1.29 is 61.9 Å². The Kier molecular flexibility index (Phi) is 11.7. The lowest BCUT2D eigenvalue weighted by molar-refractivity contribution is -0.308. The normalized spacial score (nSPS) is 22.1. The van der Waals surface area contributed by atoms with Crippen molar-refractivity contribution in [2.75, 3.05) is 19.8 Å². The van der Waals surface area contributed by atoms with Crippen LogP contribution in [0.25, 0.3) is 11.1 Å². The number of hydrogen-bond donors (Lipinski definition) is 1. The number of carbonyl (C=O) groups excluding carboxylic acids is 6. The molecular weight excluding hydrogens is 618 g/mol. The molecular formula is C33H37NO13. The van der Waals surface area contributed by atoms with Gasteiger partial charge in [-0.1, -0.05) is 48.5 Å². The Morgan fingerprint density at radius 1 is 0.681 bits per heavy atom. The van der Waals surface area contributed by atoms with Gasteiger partial charge in [0.2, 0.25) is 0 Å². The van der Waals surface area contributed by atoms with Crippen LogP contribution in [0.1, 0.15) is 51.7 Å². The minimum atomic E-state index is -1.53. The van der Waals surface area contributed by atoms with E-state index in [1.165, 1.54) is 6.92 Å². The average molecular weight is 656 g/mol. The second kappa shape index (κ2) is 15.6. The number of ether oxygens (including phenoxy) is 7. The highest BCUT2D eigenvalue weighted by Gasteiger charge is 2.53. The van der Waals surface area contributed by atoms with E-state index in [4.69, 9.17) is 33.2 Å². The summed E-state index contributed by atoms with van der Waals surface area (Å²) in [6.07, 6.45) is -7.96. The first kappa shape index (κ1) is 35.0. The third-order valence-electron chi connectivity index (χ3n) is 7.50. The summed E-state index contributed by atoms with van der Waals surface area (Å²) >= 11 is 0. The molecule has 1 aliphatic carbocycles. The van der Waals surface area contributed by atoms with Crippen LogP contribution in [-0.4, -0.2) is 92.3 Å². The molecule has 0 aromatic heterocycles. The molecule has 2 aliphatic rings. The predicted octanol–water partition coefficient (Wildman–Crippen LogP) is 2.58. The smallest absolute Gasteiger partial charge is 0.407 e. The first-order valence-corrected chi connectivity index (χ1v) is 14.9. The minimum Gasteiger partial charge on any atom is -0.463 e. The maximum atomic E-state index is 12.9. The summed E-state index contributed by atoms with van der Waals surface area (Å²) in [6.45, 7) is 4.71. The average Bonchev–Trinajstić information content (AvgIpc) is 3.32. The van der Waals surface area contributed by atoms with Gasteiger partial charge in [-0.15, -0.1) is 0 Å². The highest BCUT2D eigenvalue weighted by Crippen LogP contribution is 2.44. The van der Waals surface area contributed by atoms with Gasteiger partial charge in [0.1, 0.15) is 25.4 Å². The molecule has 6 atom stereocenters. The number of esters is 4. The van der Waals surface area contributed by atoms with Crippen LogP contribution >= 0.6 is 0 Å². The van der Waals surface area contributed by atoms with Crippen LogP contribution < -0.4 is 5.32 Å². The van der Waals surface area contributed by atoms with Crippen LogP contribution in [0.15, 0.2) is 48.5 Å². The summed E-state index contributed by atoms with van der Waals surface area (Å²) < 4.78 is 38.4. The van der Waals surface area contributed by atoms with Gasteiger partial charge in [0, 0.05) is 33.6 Å². The van der Waals surface area contributed by atoms with Crippen molar-refractivity contribution in [1.82, 2.24) is 5.32 Å². The molecule has 14 heteroatoms. The summed E-state index contributed by atoms with van der Waals surface area (Å²) in [6, 6.07) is 14.4. The van der Waals surface area contributed by atoms with Gasteiger partial charge in [-0.3, -0.25) is 24.0 Å². The number of amides is 1. The standard InChI is InChI=1S/C33H37NO13/c1-17(35)27(34-33(40)43-14-26-24-12-8-6-10-22(24)23-11-7-9-13-25(23)26)15-42-32-31(46-21(5)39)30(45-20(4)38)29(44-19(3)37)28(47-32)16-41-18(2)36/h6-13,26-32H,14-16H2,1-5H3,(H,34,40)/t27-,28?,29+,30?,31+,32-/m0/s1. The molecule has 252 valence electrons. The molecule has 1 saturated heterocycles. The fourth-order valence-electron chi connectivity index (χ4n) is 5.56. The molecule has 2 aromatic rings. The van der Waals surface area contributed by atoms with Crippen molar-refractivity contribution in [2.45, 2.75) is 77.3 Å². The Hall–Kier alpha value is -4.82. The van der Waals surface area contributed by atoms with E-state index in [1.807, 2.05) is 48.5 Å². The summed E-state index contributed by atoms with van der Waals surface area (Å²) in [5.74, 6) is -3.79. The third kappa shape index (κ3) is 8.92. The van der Waals surface area contributed by atoms with Crippen molar-refractivity contribution in [3.63, 3.8) is 0 Å². The molecule has 47 heavy (non-hydrogen) atoms. The number of fused-ring (bicyclic) bond motifs is 3. The molecule has 1 amide bonds. The number of hydrogen-bond acceptors (Lipinski definition) is 13. The number of nitrogens with one attached hydrogen (secondary N) is 1. The van der Waals surface area contributed by atoms with Crippen molar-refractivity contribution in [1.29, 1.82) is 0 Å². The van der Waals surface area contributed by atoms with E-state index >= 15 is 0 Å². The molecule has 14 nitrogen and oxygen atoms in total. The molecule has 1 aliphatic heterocycles. The fraction of sp³-hybridized carbons (Fsp3) is 0.455. The number of alkyl carbamates (subject to hydrolysis) is 1. The second-order valence-electron chi connectivity index (χ2n) is 11.0. The van der Waals surface area contributed by atoms with Crippen LogP contribution in [0.3, 0.4) is 0 Å². The molecule has 2 aromatic carbocycles. The van der Waals surface area contributed by atoms with Gasteiger partial charge < -0.3 is 38.5 Å². The topological polar surface area (TPSA) is 179 Å². The molecule has 0 bridgehead atoms. The Balaban J connectivity index is 1.48. The second-order valence-corrected chi connectivity index (χ2v) is 11.0. The molecule has 1 fully saturated rings. The van der Waals surface area contributed by atoms with Gasteiger partial charge in [-0.2, -0.15) is 0 Å². The Bertz CT molecular complexity index is 1460. The van der Waals surface area contributed by atoms with Gasteiger partial charge in [0.25, 0.3) is 0 Å².